The molecular weight excluding hydrogens is 310 g/mol. The Morgan fingerprint density at radius 2 is 2.05 bits per heavy atom. The molecule has 1 aromatic rings. The molecule has 0 aromatic heterocycles. The van der Waals surface area contributed by atoms with Gasteiger partial charge < -0.3 is 10.1 Å². The van der Waals surface area contributed by atoms with Crippen LogP contribution in [0, 0.1) is 5.82 Å². The van der Waals surface area contributed by atoms with E-state index in [-0.39, 0.29) is 12.6 Å². The van der Waals surface area contributed by atoms with Gasteiger partial charge in [0.1, 0.15) is 12.4 Å². The molecule has 0 radical (unpaired) electrons. The molecule has 0 saturated carbocycles. The number of rotatable bonds is 8. The Kier molecular flexibility index (Phi) is 7.42. The smallest absolute Gasteiger partial charge is 0.372 e. The van der Waals surface area contributed by atoms with Crippen LogP contribution in [0.1, 0.15) is 18.9 Å². The van der Waals surface area contributed by atoms with Crippen LogP contribution < -0.4 is 5.32 Å². The molecule has 0 bridgehead atoms. The Morgan fingerprint density at radius 3 is 2.62 bits per heavy atom. The van der Waals surface area contributed by atoms with Gasteiger partial charge in [-0.3, -0.25) is 0 Å². The third-order valence-corrected chi connectivity index (χ3v) is 3.09. The molecular formula is C14H18ClF4NO. The van der Waals surface area contributed by atoms with Crippen molar-refractivity contribution in [1.82, 2.24) is 5.32 Å². The highest BCUT2D eigenvalue weighted by Crippen LogP contribution is 2.17. The maximum Gasteiger partial charge on any atom is 0.411 e. The van der Waals surface area contributed by atoms with Crippen molar-refractivity contribution >= 4 is 11.6 Å². The van der Waals surface area contributed by atoms with E-state index in [1.165, 1.54) is 6.07 Å². The normalized spacial score (nSPS) is 13.4. The second kappa shape index (κ2) is 8.56. The summed E-state index contributed by atoms with van der Waals surface area (Å²) in [5, 5.41) is 3.42. The summed E-state index contributed by atoms with van der Waals surface area (Å²) in [5.74, 6) is -0.415. The summed E-state index contributed by atoms with van der Waals surface area (Å²) in [5.41, 5.74) is 0.473. The van der Waals surface area contributed by atoms with E-state index in [9.17, 15) is 17.6 Å². The van der Waals surface area contributed by atoms with E-state index in [4.69, 9.17) is 11.6 Å². The van der Waals surface area contributed by atoms with E-state index in [0.29, 0.717) is 30.0 Å². The largest absolute Gasteiger partial charge is 0.411 e. The predicted molar refractivity (Wildman–Crippen MR) is 74.1 cm³/mol. The molecule has 1 N–H and O–H groups in total. The number of hydrogen-bond acceptors (Lipinski definition) is 2. The molecule has 0 amide bonds. The van der Waals surface area contributed by atoms with Crippen molar-refractivity contribution < 1.29 is 22.3 Å². The minimum Gasteiger partial charge on any atom is -0.372 e. The van der Waals surface area contributed by atoms with Crippen LogP contribution >= 0.6 is 11.6 Å². The Labute approximate surface area is 126 Å². The summed E-state index contributed by atoms with van der Waals surface area (Å²) < 4.78 is 54.2. The molecule has 0 aliphatic heterocycles. The number of ether oxygens (including phenoxy) is 1. The Bertz CT molecular complexity index is 439. The molecule has 1 aromatic carbocycles. The van der Waals surface area contributed by atoms with Gasteiger partial charge in [-0.1, -0.05) is 24.6 Å². The fraction of sp³-hybridized carbons (Fsp3) is 0.571. The van der Waals surface area contributed by atoms with Crippen molar-refractivity contribution in [2.24, 2.45) is 0 Å². The van der Waals surface area contributed by atoms with E-state index in [1.807, 2.05) is 6.92 Å². The monoisotopic (exact) mass is 327 g/mol. The van der Waals surface area contributed by atoms with E-state index in [1.54, 1.807) is 12.1 Å². The third kappa shape index (κ3) is 7.64. The Morgan fingerprint density at radius 1 is 1.33 bits per heavy atom. The van der Waals surface area contributed by atoms with Crippen LogP contribution in [0.4, 0.5) is 17.6 Å². The number of halogens is 5. The quantitative estimate of drug-likeness (QED) is 0.576. The van der Waals surface area contributed by atoms with Gasteiger partial charge in [0.15, 0.2) is 0 Å². The highest BCUT2D eigenvalue weighted by molar-refractivity contribution is 6.30. The van der Waals surface area contributed by atoms with Gasteiger partial charge in [0.2, 0.25) is 0 Å². The number of benzene rings is 1. The molecule has 120 valence electrons. The molecule has 2 nitrogen and oxygen atoms in total. The van der Waals surface area contributed by atoms with Crippen LogP contribution in [-0.2, 0) is 11.2 Å². The molecule has 0 heterocycles. The van der Waals surface area contributed by atoms with Gasteiger partial charge in [0.05, 0.1) is 0 Å². The molecule has 0 aliphatic carbocycles. The lowest BCUT2D eigenvalue weighted by molar-refractivity contribution is -0.174. The lowest BCUT2D eigenvalue weighted by Gasteiger charge is -2.18. The summed E-state index contributed by atoms with van der Waals surface area (Å²) in [6.07, 6.45) is -3.59. The van der Waals surface area contributed by atoms with Crippen LogP contribution in [0.15, 0.2) is 18.2 Å². The fourth-order valence-electron chi connectivity index (χ4n) is 1.93. The summed E-state index contributed by atoms with van der Waals surface area (Å²) in [6.45, 7) is 1.22. The van der Waals surface area contributed by atoms with E-state index in [0.717, 1.165) is 0 Å². The molecule has 1 atom stereocenters. The van der Waals surface area contributed by atoms with Crippen LogP contribution in [0.25, 0.3) is 0 Å². The van der Waals surface area contributed by atoms with Gasteiger partial charge >= 0.3 is 6.18 Å². The first-order chi connectivity index (χ1) is 9.81. The topological polar surface area (TPSA) is 21.3 Å². The van der Waals surface area contributed by atoms with Crippen LogP contribution in [-0.4, -0.2) is 32.0 Å². The molecule has 21 heavy (non-hydrogen) atoms. The number of likely N-dealkylation sites (N-methyl/N-ethyl adjacent to an activating group) is 1. The highest BCUT2D eigenvalue weighted by atomic mass is 35.5. The van der Waals surface area contributed by atoms with Gasteiger partial charge in [-0.25, -0.2) is 4.39 Å². The lowest BCUT2D eigenvalue weighted by atomic mass is 10.0. The van der Waals surface area contributed by atoms with Gasteiger partial charge in [-0.2, -0.15) is 13.2 Å². The Hall–Kier alpha value is -0.850. The van der Waals surface area contributed by atoms with Gasteiger partial charge in [-0.05, 0) is 37.1 Å². The van der Waals surface area contributed by atoms with Crippen molar-refractivity contribution in [1.29, 1.82) is 0 Å². The van der Waals surface area contributed by atoms with Crippen molar-refractivity contribution in [3.63, 3.8) is 0 Å². The SMILES string of the molecule is CCNC(CCOCC(F)(F)F)Cc1ccc(Cl)cc1F. The second-order valence-corrected chi connectivity index (χ2v) is 5.09. The third-order valence-electron chi connectivity index (χ3n) is 2.85. The summed E-state index contributed by atoms with van der Waals surface area (Å²) in [6, 6.07) is 4.24. The second-order valence-electron chi connectivity index (χ2n) is 4.65. The zero-order chi connectivity index (χ0) is 15.9. The first-order valence-corrected chi connectivity index (χ1v) is 7.01. The van der Waals surface area contributed by atoms with Gasteiger partial charge in [0, 0.05) is 17.7 Å². The summed E-state index contributed by atoms with van der Waals surface area (Å²) in [7, 11) is 0. The molecule has 0 saturated heterocycles. The first kappa shape index (κ1) is 18.2. The molecule has 0 aliphatic rings. The van der Waals surface area contributed by atoms with Gasteiger partial charge in [0.25, 0.3) is 0 Å². The zero-order valence-corrected chi connectivity index (χ0v) is 12.4. The molecule has 1 unspecified atom stereocenters. The predicted octanol–water partition coefficient (Wildman–Crippen LogP) is 3.97. The first-order valence-electron chi connectivity index (χ1n) is 6.63. The highest BCUT2D eigenvalue weighted by Gasteiger charge is 2.27. The minimum atomic E-state index is -4.32. The zero-order valence-electron chi connectivity index (χ0n) is 11.6. The van der Waals surface area contributed by atoms with E-state index in [2.05, 4.69) is 10.1 Å². The molecule has 1 rings (SSSR count). The molecule has 0 spiro atoms. The number of hydrogen-bond donors (Lipinski definition) is 1. The van der Waals surface area contributed by atoms with Crippen molar-refractivity contribution in [2.75, 3.05) is 19.8 Å². The van der Waals surface area contributed by atoms with Crippen molar-refractivity contribution in [2.45, 2.75) is 32.0 Å². The molecule has 7 heteroatoms. The van der Waals surface area contributed by atoms with Crippen LogP contribution in [0.3, 0.4) is 0 Å². The van der Waals surface area contributed by atoms with E-state index >= 15 is 0 Å². The number of nitrogens with one attached hydrogen (secondary N) is 1. The number of alkyl halides is 3. The van der Waals surface area contributed by atoms with Crippen LogP contribution in [0.2, 0.25) is 5.02 Å². The maximum absolute atomic E-state index is 13.7. The average molecular weight is 328 g/mol. The maximum atomic E-state index is 13.7. The van der Waals surface area contributed by atoms with Gasteiger partial charge in [-0.15, -0.1) is 0 Å². The van der Waals surface area contributed by atoms with Crippen molar-refractivity contribution in [3.8, 4) is 0 Å². The minimum absolute atomic E-state index is 0.0353. The standard InChI is InChI=1S/C14H18ClF4NO/c1-2-20-12(5-6-21-9-14(17,18)19)7-10-3-4-11(15)8-13(10)16/h3-4,8,12,20H,2,5-7,9H2,1H3. The van der Waals surface area contributed by atoms with E-state index < -0.39 is 18.6 Å². The fourth-order valence-corrected chi connectivity index (χ4v) is 2.09. The molecule has 0 fully saturated rings. The summed E-state index contributed by atoms with van der Waals surface area (Å²) in [4.78, 5) is 0. The summed E-state index contributed by atoms with van der Waals surface area (Å²) >= 11 is 5.68. The van der Waals surface area contributed by atoms with Crippen LogP contribution in [0.5, 0.6) is 0 Å². The lowest BCUT2D eigenvalue weighted by Crippen LogP contribution is -2.33. The van der Waals surface area contributed by atoms with Crippen molar-refractivity contribution in [3.05, 3.63) is 34.6 Å². The Balaban J connectivity index is 2.49. The average Bonchev–Trinajstić information content (AvgIpc) is 2.36.